The van der Waals surface area contributed by atoms with E-state index in [2.05, 4.69) is 25.3 Å². The molecule has 0 spiro atoms. The molecule has 3 heterocycles. The third-order valence-electron chi connectivity index (χ3n) is 4.52. The van der Waals surface area contributed by atoms with Crippen molar-refractivity contribution in [1.82, 2.24) is 24.6 Å². The highest BCUT2D eigenvalue weighted by Crippen LogP contribution is 2.25. The van der Waals surface area contributed by atoms with E-state index in [-0.39, 0.29) is 18.0 Å². The van der Waals surface area contributed by atoms with Crippen molar-refractivity contribution in [3.05, 3.63) is 29.8 Å². The normalized spacial score (nSPS) is 15.7. The van der Waals surface area contributed by atoms with Crippen molar-refractivity contribution in [2.24, 2.45) is 0 Å². The molecule has 0 aliphatic carbocycles. The van der Waals surface area contributed by atoms with E-state index in [1.807, 2.05) is 26.8 Å². The molecule has 2 aromatic heterocycles. The fraction of sp³-hybridized carbons (Fsp3) is 0.529. The zero-order valence-corrected chi connectivity index (χ0v) is 15.1. The third kappa shape index (κ3) is 3.48. The molecule has 1 aliphatic rings. The van der Waals surface area contributed by atoms with Crippen LogP contribution in [-0.4, -0.2) is 50.3 Å². The van der Waals surface area contributed by atoms with Crippen LogP contribution in [0.1, 0.15) is 38.1 Å². The maximum atomic E-state index is 12.7. The van der Waals surface area contributed by atoms with Crippen LogP contribution in [0.3, 0.4) is 0 Å². The fourth-order valence-electron chi connectivity index (χ4n) is 3.06. The van der Waals surface area contributed by atoms with Gasteiger partial charge in [0, 0.05) is 37.2 Å². The summed E-state index contributed by atoms with van der Waals surface area (Å²) >= 11 is 0. The highest BCUT2D eigenvalue weighted by atomic mass is 16.5. The van der Waals surface area contributed by atoms with Gasteiger partial charge in [-0.25, -0.2) is 14.6 Å². The summed E-state index contributed by atoms with van der Waals surface area (Å²) in [5.74, 6) is 1.24. The summed E-state index contributed by atoms with van der Waals surface area (Å²) in [4.78, 5) is 23.3. The predicted octanol–water partition coefficient (Wildman–Crippen LogP) is 1.65. The lowest BCUT2D eigenvalue weighted by molar-refractivity contribution is -0.121. The maximum absolute atomic E-state index is 12.7. The monoisotopic (exact) mass is 344 g/mol. The molecule has 0 bridgehead atoms. The molecule has 0 saturated heterocycles. The second-order valence-corrected chi connectivity index (χ2v) is 6.45. The summed E-state index contributed by atoms with van der Waals surface area (Å²) < 4.78 is 7.14. The van der Waals surface area contributed by atoms with Crippen LogP contribution in [0.15, 0.2) is 18.6 Å². The number of carbonyl (C=O) groups is 1. The zero-order chi connectivity index (χ0) is 18.0. The van der Waals surface area contributed by atoms with Crippen LogP contribution in [0.2, 0.25) is 0 Å². The van der Waals surface area contributed by atoms with Gasteiger partial charge in [-0.2, -0.15) is 5.10 Å². The highest BCUT2D eigenvalue weighted by Gasteiger charge is 2.28. The molecule has 1 aliphatic heterocycles. The van der Waals surface area contributed by atoms with E-state index < -0.39 is 0 Å². The largest absolute Gasteiger partial charge is 0.481 e. The van der Waals surface area contributed by atoms with Crippen LogP contribution >= 0.6 is 0 Å². The van der Waals surface area contributed by atoms with Gasteiger partial charge in [-0.05, 0) is 20.8 Å². The summed E-state index contributed by atoms with van der Waals surface area (Å²) in [6.07, 6.45) is 3.99. The number of anilines is 1. The topological polar surface area (TPSA) is 85.2 Å². The molecule has 134 valence electrons. The third-order valence-corrected chi connectivity index (χ3v) is 4.52. The van der Waals surface area contributed by atoms with E-state index in [1.165, 1.54) is 6.33 Å². The van der Waals surface area contributed by atoms with E-state index in [0.717, 1.165) is 24.2 Å². The molecule has 0 fully saturated rings. The van der Waals surface area contributed by atoms with Crippen LogP contribution in [-0.2, 0) is 17.8 Å². The Morgan fingerprint density at radius 2 is 2.12 bits per heavy atom. The number of aromatic nitrogens is 4. The van der Waals surface area contributed by atoms with E-state index >= 15 is 0 Å². The molecule has 8 heteroatoms. The van der Waals surface area contributed by atoms with E-state index in [1.54, 1.807) is 18.0 Å². The summed E-state index contributed by atoms with van der Waals surface area (Å²) in [6, 6.07) is 1.71. The molecule has 1 unspecified atom stereocenters. The number of nitrogens with zero attached hydrogens (tertiary/aromatic N) is 5. The van der Waals surface area contributed by atoms with Gasteiger partial charge in [-0.3, -0.25) is 9.69 Å². The van der Waals surface area contributed by atoms with Gasteiger partial charge in [-0.1, -0.05) is 0 Å². The van der Waals surface area contributed by atoms with Crippen molar-refractivity contribution in [1.29, 1.82) is 0 Å². The summed E-state index contributed by atoms with van der Waals surface area (Å²) in [6.45, 7) is 7.33. The van der Waals surface area contributed by atoms with Crippen molar-refractivity contribution in [2.75, 3.05) is 19.0 Å². The minimum absolute atomic E-state index is 0.0540. The standard InChI is InChI=1S/C17H24N6O2/c1-11(2)23-15(5-7-20-23)21-16(24)12(3)22-8-6-14-13(9-22)17(25-4)19-10-18-14/h5,7,10-12H,6,8-9H2,1-4H3,(H,21,24). The van der Waals surface area contributed by atoms with Crippen molar-refractivity contribution in [2.45, 2.75) is 45.8 Å². The number of hydrogen-bond acceptors (Lipinski definition) is 6. The minimum Gasteiger partial charge on any atom is -0.481 e. The Balaban J connectivity index is 1.72. The van der Waals surface area contributed by atoms with Crippen molar-refractivity contribution < 1.29 is 9.53 Å². The van der Waals surface area contributed by atoms with Crippen molar-refractivity contribution in [3.63, 3.8) is 0 Å². The Bertz CT molecular complexity index is 743. The van der Waals surface area contributed by atoms with Gasteiger partial charge in [0.1, 0.15) is 12.1 Å². The number of nitrogens with one attached hydrogen (secondary N) is 1. The summed E-state index contributed by atoms with van der Waals surface area (Å²) in [7, 11) is 1.60. The quantitative estimate of drug-likeness (QED) is 0.888. The number of fused-ring (bicyclic) bond motifs is 1. The molecule has 0 saturated carbocycles. The first-order chi connectivity index (χ1) is 12.0. The van der Waals surface area contributed by atoms with Gasteiger partial charge in [-0.15, -0.1) is 0 Å². The lowest BCUT2D eigenvalue weighted by Crippen LogP contribution is -2.45. The maximum Gasteiger partial charge on any atom is 0.242 e. The molecular formula is C17H24N6O2. The van der Waals surface area contributed by atoms with Crippen LogP contribution in [0, 0.1) is 0 Å². The van der Waals surface area contributed by atoms with Crippen LogP contribution in [0.25, 0.3) is 0 Å². The number of amides is 1. The number of rotatable bonds is 5. The van der Waals surface area contributed by atoms with Crippen molar-refractivity contribution in [3.8, 4) is 5.88 Å². The molecule has 1 N–H and O–H groups in total. The number of methoxy groups -OCH3 is 1. The molecular weight excluding hydrogens is 320 g/mol. The summed E-state index contributed by atoms with van der Waals surface area (Å²) in [5.41, 5.74) is 1.96. The molecule has 0 aromatic carbocycles. The first-order valence-electron chi connectivity index (χ1n) is 8.46. The Labute approximate surface area is 147 Å². The molecule has 3 rings (SSSR count). The molecule has 25 heavy (non-hydrogen) atoms. The number of ether oxygens (including phenoxy) is 1. The van der Waals surface area contributed by atoms with E-state index in [9.17, 15) is 4.79 Å². The Hall–Kier alpha value is -2.48. The lowest BCUT2D eigenvalue weighted by Gasteiger charge is -2.32. The molecule has 2 aromatic rings. The first kappa shape index (κ1) is 17.3. The molecule has 1 amide bonds. The van der Waals surface area contributed by atoms with E-state index in [0.29, 0.717) is 18.2 Å². The van der Waals surface area contributed by atoms with Gasteiger partial charge >= 0.3 is 0 Å². The molecule has 1 atom stereocenters. The minimum atomic E-state index is -0.284. The molecule has 0 radical (unpaired) electrons. The Morgan fingerprint density at radius 3 is 2.84 bits per heavy atom. The number of carbonyl (C=O) groups excluding carboxylic acids is 1. The average Bonchev–Trinajstić information content (AvgIpc) is 3.08. The van der Waals surface area contributed by atoms with Gasteiger partial charge in [0.2, 0.25) is 11.8 Å². The average molecular weight is 344 g/mol. The van der Waals surface area contributed by atoms with Crippen LogP contribution < -0.4 is 10.1 Å². The van der Waals surface area contributed by atoms with Crippen LogP contribution in [0.5, 0.6) is 5.88 Å². The Morgan fingerprint density at radius 1 is 1.32 bits per heavy atom. The smallest absolute Gasteiger partial charge is 0.242 e. The predicted molar refractivity (Wildman–Crippen MR) is 93.4 cm³/mol. The van der Waals surface area contributed by atoms with E-state index in [4.69, 9.17) is 4.74 Å². The second-order valence-electron chi connectivity index (χ2n) is 6.45. The first-order valence-corrected chi connectivity index (χ1v) is 8.46. The van der Waals surface area contributed by atoms with Gasteiger partial charge < -0.3 is 10.1 Å². The lowest BCUT2D eigenvalue weighted by atomic mass is 10.0. The SMILES string of the molecule is COc1ncnc2c1CN(C(C)C(=O)Nc1ccnn1C(C)C)CC2. The van der Waals surface area contributed by atoms with Crippen molar-refractivity contribution >= 4 is 11.7 Å². The van der Waals surface area contributed by atoms with Gasteiger partial charge in [0.15, 0.2) is 0 Å². The second kappa shape index (κ2) is 7.18. The van der Waals surface area contributed by atoms with Gasteiger partial charge in [0.25, 0.3) is 0 Å². The molecule has 8 nitrogen and oxygen atoms in total. The Kier molecular flexibility index (Phi) is 4.98. The van der Waals surface area contributed by atoms with Crippen LogP contribution in [0.4, 0.5) is 5.82 Å². The van der Waals surface area contributed by atoms with Gasteiger partial charge in [0.05, 0.1) is 25.0 Å². The summed E-state index contributed by atoms with van der Waals surface area (Å²) in [5, 5.41) is 7.23. The fourth-order valence-corrected chi connectivity index (χ4v) is 3.06. The zero-order valence-electron chi connectivity index (χ0n) is 15.1. The number of hydrogen-bond donors (Lipinski definition) is 1. The highest BCUT2D eigenvalue weighted by molar-refractivity contribution is 5.93.